The fourth-order valence-electron chi connectivity index (χ4n) is 2.90. The molecule has 7 nitrogen and oxygen atoms in total. The first kappa shape index (κ1) is 19.4. The molecule has 0 spiro atoms. The summed E-state index contributed by atoms with van der Waals surface area (Å²) in [5.74, 6) is 0. The zero-order valence-electron chi connectivity index (χ0n) is 15.4. The van der Waals surface area contributed by atoms with Gasteiger partial charge in [-0.25, -0.2) is 4.98 Å². The number of aromatic nitrogens is 3. The molecule has 2 heterocycles. The van der Waals surface area contributed by atoms with E-state index in [2.05, 4.69) is 16.2 Å². The van der Waals surface area contributed by atoms with Crippen molar-refractivity contribution in [3.8, 4) is 28.5 Å². The topological polar surface area (TPSA) is 105 Å². The van der Waals surface area contributed by atoms with Gasteiger partial charge in [-0.05, 0) is 30.7 Å². The van der Waals surface area contributed by atoms with E-state index in [-0.39, 0.29) is 11.7 Å². The summed E-state index contributed by atoms with van der Waals surface area (Å²) in [6.07, 6.45) is 0.250. The number of benzene rings is 2. The average Bonchev–Trinajstić information content (AvgIpc) is 2.75. The molecule has 4 aromatic rings. The predicted molar refractivity (Wildman–Crippen MR) is 105 cm³/mol. The van der Waals surface area contributed by atoms with E-state index in [1.165, 1.54) is 10.6 Å². The highest BCUT2D eigenvalue weighted by Crippen LogP contribution is 2.23. The van der Waals surface area contributed by atoms with Crippen LogP contribution in [0.1, 0.15) is 11.3 Å². The second kappa shape index (κ2) is 8.53. The molecular weight excluding hydrogens is 368 g/mol. The summed E-state index contributed by atoms with van der Waals surface area (Å²) in [4.78, 5) is 33.4. The molecular formula is C22H14N4O3. The van der Waals surface area contributed by atoms with E-state index in [0.29, 0.717) is 16.9 Å². The largest absolute Gasteiger partial charge is 0.373 e. The maximum Gasteiger partial charge on any atom is 0.373 e. The minimum atomic E-state index is -0.239. The second-order valence-electron chi connectivity index (χ2n) is 6.03. The van der Waals surface area contributed by atoms with Crippen LogP contribution in [0, 0.1) is 18.3 Å². The first-order chi connectivity index (χ1) is 14.1. The summed E-state index contributed by atoms with van der Waals surface area (Å²) in [7, 11) is 0. The molecule has 0 aliphatic rings. The van der Waals surface area contributed by atoms with Crippen molar-refractivity contribution in [1.82, 2.24) is 14.6 Å². The minimum absolute atomic E-state index is 0.239. The van der Waals surface area contributed by atoms with Gasteiger partial charge in [-0.1, -0.05) is 42.5 Å². The highest BCUT2D eigenvalue weighted by molar-refractivity contribution is 5.70. The third kappa shape index (κ3) is 4.14. The van der Waals surface area contributed by atoms with Crippen molar-refractivity contribution >= 4 is 11.8 Å². The van der Waals surface area contributed by atoms with E-state index in [4.69, 9.17) is 14.9 Å². The molecule has 0 N–H and O–H groups in total. The Hall–Kier alpha value is -4.40. The van der Waals surface area contributed by atoms with Crippen molar-refractivity contribution < 1.29 is 9.59 Å². The Morgan fingerprint density at radius 3 is 2.21 bits per heavy atom. The number of fused-ring (bicyclic) bond motifs is 1. The Morgan fingerprint density at radius 1 is 0.931 bits per heavy atom. The van der Waals surface area contributed by atoms with Crippen LogP contribution in [0.3, 0.4) is 0 Å². The van der Waals surface area contributed by atoms with Crippen molar-refractivity contribution in [1.29, 1.82) is 5.26 Å². The molecule has 2 aromatic heterocycles. The Bertz CT molecular complexity index is 1300. The smallest absolute Gasteiger partial charge is 0.267 e. The Kier molecular flexibility index (Phi) is 5.69. The number of carbonyl (C=O) groups excluding carboxylic acids is 2. The van der Waals surface area contributed by atoms with E-state index >= 15 is 0 Å². The van der Waals surface area contributed by atoms with Gasteiger partial charge in [-0.15, -0.1) is 0 Å². The predicted octanol–water partition coefficient (Wildman–Crippen LogP) is 3.02. The summed E-state index contributed by atoms with van der Waals surface area (Å²) < 4.78 is 1.31. The van der Waals surface area contributed by atoms with Gasteiger partial charge < -0.3 is 0 Å². The number of nitriles is 1. The zero-order chi connectivity index (χ0) is 20.8. The van der Waals surface area contributed by atoms with E-state index in [0.717, 1.165) is 22.4 Å². The molecule has 2 aromatic carbocycles. The third-order valence-electron chi connectivity index (χ3n) is 4.23. The second-order valence-corrected chi connectivity index (χ2v) is 6.03. The van der Waals surface area contributed by atoms with E-state index < -0.39 is 0 Å². The fraction of sp³-hybridized carbons (Fsp3) is 0.0455. The standard InChI is InChI=1S/C21H14N4O.CO2/c1-14-18(16-5-3-2-4-6-16)11-20-23-19(12-21(26)25(20)24-14)17-9-7-15(13-22)8-10-17;2-1-3/h2-12H,1H3;. The van der Waals surface area contributed by atoms with E-state index in [1.54, 1.807) is 24.3 Å². The van der Waals surface area contributed by atoms with Gasteiger partial charge in [-0.2, -0.15) is 24.5 Å². The molecule has 0 saturated carbocycles. The summed E-state index contributed by atoms with van der Waals surface area (Å²) in [5, 5.41) is 13.3. The molecule has 0 saturated heterocycles. The normalized spacial score (nSPS) is 9.79. The van der Waals surface area contributed by atoms with Crippen LogP contribution >= 0.6 is 0 Å². The molecule has 0 aliphatic carbocycles. The van der Waals surface area contributed by atoms with Crippen molar-refractivity contribution in [3.05, 3.63) is 88.3 Å². The van der Waals surface area contributed by atoms with Crippen LogP contribution in [-0.4, -0.2) is 20.7 Å². The van der Waals surface area contributed by atoms with E-state index in [1.807, 2.05) is 43.3 Å². The van der Waals surface area contributed by atoms with Crippen LogP contribution < -0.4 is 5.56 Å². The van der Waals surface area contributed by atoms with Gasteiger partial charge in [-0.3, -0.25) is 4.79 Å². The molecule has 0 fully saturated rings. The third-order valence-corrected chi connectivity index (χ3v) is 4.23. The fourth-order valence-corrected chi connectivity index (χ4v) is 2.90. The molecule has 7 heteroatoms. The Labute approximate surface area is 165 Å². The monoisotopic (exact) mass is 382 g/mol. The highest BCUT2D eigenvalue weighted by atomic mass is 16.2. The lowest BCUT2D eigenvalue weighted by molar-refractivity contribution is -0.191. The molecule has 0 aliphatic heterocycles. The van der Waals surface area contributed by atoms with Crippen molar-refractivity contribution in [2.24, 2.45) is 0 Å². The number of hydrogen-bond acceptors (Lipinski definition) is 6. The van der Waals surface area contributed by atoms with Crippen LogP contribution in [0.4, 0.5) is 0 Å². The number of hydrogen-bond donors (Lipinski definition) is 0. The lowest BCUT2D eigenvalue weighted by Crippen LogP contribution is -2.18. The van der Waals surface area contributed by atoms with Crippen molar-refractivity contribution in [2.45, 2.75) is 6.92 Å². The maximum atomic E-state index is 12.5. The summed E-state index contributed by atoms with van der Waals surface area (Å²) in [5.41, 5.74) is 4.88. The van der Waals surface area contributed by atoms with Crippen LogP contribution in [-0.2, 0) is 9.59 Å². The minimum Gasteiger partial charge on any atom is -0.267 e. The quantitative estimate of drug-likeness (QED) is 0.528. The van der Waals surface area contributed by atoms with Gasteiger partial charge in [0.2, 0.25) is 0 Å². The van der Waals surface area contributed by atoms with Crippen molar-refractivity contribution in [2.75, 3.05) is 0 Å². The van der Waals surface area contributed by atoms with E-state index in [9.17, 15) is 4.79 Å². The van der Waals surface area contributed by atoms with Crippen LogP contribution in [0.25, 0.3) is 28.0 Å². The van der Waals surface area contributed by atoms with Gasteiger partial charge in [0, 0.05) is 17.2 Å². The molecule has 0 radical (unpaired) electrons. The first-order valence-corrected chi connectivity index (χ1v) is 8.54. The van der Waals surface area contributed by atoms with Crippen LogP contribution in [0.5, 0.6) is 0 Å². The van der Waals surface area contributed by atoms with Crippen LogP contribution in [0.2, 0.25) is 0 Å². The molecule has 0 bridgehead atoms. The number of aryl methyl sites for hydroxylation is 1. The molecule has 29 heavy (non-hydrogen) atoms. The van der Waals surface area contributed by atoms with Gasteiger partial charge in [0.25, 0.3) is 5.56 Å². The first-order valence-electron chi connectivity index (χ1n) is 8.54. The van der Waals surface area contributed by atoms with Gasteiger partial charge in [0.1, 0.15) is 0 Å². The Morgan fingerprint density at radius 2 is 1.59 bits per heavy atom. The zero-order valence-corrected chi connectivity index (χ0v) is 15.4. The summed E-state index contributed by atoms with van der Waals surface area (Å²) >= 11 is 0. The summed E-state index contributed by atoms with van der Waals surface area (Å²) in [6.45, 7) is 1.88. The van der Waals surface area contributed by atoms with Gasteiger partial charge >= 0.3 is 6.15 Å². The van der Waals surface area contributed by atoms with Crippen LogP contribution in [0.15, 0.2) is 71.5 Å². The molecule has 0 unspecified atom stereocenters. The SMILES string of the molecule is Cc1nn2c(=O)cc(-c3ccc(C#N)cc3)nc2cc1-c1ccccc1.O=C=O. The van der Waals surface area contributed by atoms with Gasteiger partial charge in [0.05, 0.1) is 23.0 Å². The summed E-state index contributed by atoms with van der Waals surface area (Å²) in [6, 6.07) is 22.3. The molecule has 0 atom stereocenters. The maximum absolute atomic E-state index is 12.5. The van der Waals surface area contributed by atoms with Crippen molar-refractivity contribution in [3.63, 3.8) is 0 Å². The average molecular weight is 382 g/mol. The lowest BCUT2D eigenvalue weighted by atomic mass is 10.1. The number of rotatable bonds is 2. The molecule has 140 valence electrons. The Balaban J connectivity index is 0.000000755. The number of nitrogens with zero attached hydrogens (tertiary/aromatic N) is 4. The van der Waals surface area contributed by atoms with Gasteiger partial charge in [0.15, 0.2) is 5.65 Å². The lowest BCUT2D eigenvalue weighted by Gasteiger charge is -2.09. The highest BCUT2D eigenvalue weighted by Gasteiger charge is 2.10. The molecule has 0 amide bonds. The molecule has 4 rings (SSSR count).